The maximum Gasteiger partial charge on any atom is 0.434 e. The second-order valence-electron chi connectivity index (χ2n) is 8.48. The zero-order chi connectivity index (χ0) is 23.2. The molecule has 172 valence electrons. The number of nitrogens with one attached hydrogen (secondary N) is 2. The molecule has 0 unspecified atom stereocenters. The van der Waals surface area contributed by atoms with Crippen molar-refractivity contribution < 1.29 is 22.4 Å². The van der Waals surface area contributed by atoms with E-state index in [1.807, 2.05) is 31.2 Å². The summed E-state index contributed by atoms with van der Waals surface area (Å²) in [4.78, 5) is 16.5. The van der Waals surface area contributed by atoms with Crippen molar-refractivity contribution in [2.24, 2.45) is 0 Å². The molecule has 2 N–H and O–H groups in total. The van der Waals surface area contributed by atoms with Crippen LogP contribution in [0.3, 0.4) is 0 Å². The Balaban J connectivity index is 1.22. The number of pyridine rings is 1. The van der Waals surface area contributed by atoms with Crippen LogP contribution in [-0.4, -0.2) is 27.4 Å². The largest absolute Gasteiger partial charge is 0.451 e. The molecule has 33 heavy (non-hydrogen) atoms. The van der Waals surface area contributed by atoms with E-state index in [1.54, 1.807) is 18.2 Å². The zero-order valence-electron chi connectivity index (χ0n) is 17.9. The van der Waals surface area contributed by atoms with Crippen LogP contribution in [0.4, 0.5) is 19.0 Å². The molecular formula is C24H23F3N4O2. The van der Waals surface area contributed by atoms with Gasteiger partial charge < -0.3 is 15.1 Å². The first kappa shape index (κ1) is 21.4. The van der Waals surface area contributed by atoms with Crippen LogP contribution in [0, 0.1) is 6.92 Å². The molecule has 0 aliphatic heterocycles. The van der Waals surface area contributed by atoms with E-state index >= 15 is 0 Å². The molecule has 1 saturated carbocycles. The van der Waals surface area contributed by atoms with Gasteiger partial charge in [0, 0.05) is 29.2 Å². The minimum atomic E-state index is -4.49. The van der Waals surface area contributed by atoms with Gasteiger partial charge >= 0.3 is 6.18 Å². The third-order valence-electron chi connectivity index (χ3n) is 6.25. The second kappa shape index (κ2) is 8.13. The van der Waals surface area contributed by atoms with E-state index in [9.17, 15) is 18.0 Å². The van der Waals surface area contributed by atoms with Crippen LogP contribution in [0.5, 0.6) is 0 Å². The Morgan fingerprint density at radius 3 is 2.52 bits per heavy atom. The van der Waals surface area contributed by atoms with Gasteiger partial charge in [0.15, 0.2) is 11.5 Å². The Labute approximate surface area is 187 Å². The molecule has 0 bridgehead atoms. The Morgan fingerprint density at radius 1 is 1.06 bits per heavy atom. The molecule has 3 heterocycles. The number of anilines is 1. The first-order chi connectivity index (χ1) is 15.8. The number of rotatable bonds is 4. The first-order valence-electron chi connectivity index (χ1n) is 10.9. The molecule has 0 saturated heterocycles. The van der Waals surface area contributed by atoms with Gasteiger partial charge in [-0.05, 0) is 50.8 Å². The Hall–Kier alpha value is -3.49. The van der Waals surface area contributed by atoms with Crippen molar-refractivity contribution in [2.75, 3.05) is 5.32 Å². The summed E-state index contributed by atoms with van der Waals surface area (Å²) < 4.78 is 46.3. The lowest BCUT2D eigenvalue weighted by atomic mass is 9.91. The number of para-hydroxylation sites is 1. The normalized spacial score (nSPS) is 19.2. The SMILES string of the molecule is Cc1c(C(=O)NC2CCC(Nc3cccc4nc(C(F)(F)F)cn34)CC2)oc2ccccc12. The number of hydrogen-bond donors (Lipinski definition) is 2. The van der Waals surface area contributed by atoms with Crippen LogP contribution in [0.1, 0.15) is 47.5 Å². The van der Waals surface area contributed by atoms with Crippen molar-refractivity contribution in [1.82, 2.24) is 14.7 Å². The average molecular weight is 456 g/mol. The fourth-order valence-electron chi connectivity index (χ4n) is 4.50. The summed E-state index contributed by atoms with van der Waals surface area (Å²) in [6.45, 7) is 1.88. The molecule has 0 atom stereocenters. The standard InChI is InChI=1S/C24H23F3N4O2/c1-14-17-5-2-3-6-18(17)33-22(14)23(32)29-16-11-9-15(10-12-16)28-20-7-4-8-21-30-19(13-31(20)21)24(25,26)27/h2-8,13,15-16,28H,9-12H2,1H3,(H,29,32). The van der Waals surface area contributed by atoms with Gasteiger partial charge in [-0.25, -0.2) is 4.98 Å². The lowest BCUT2D eigenvalue weighted by molar-refractivity contribution is -0.140. The van der Waals surface area contributed by atoms with Crippen molar-refractivity contribution in [3.63, 3.8) is 0 Å². The van der Waals surface area contributed by atoms with E-state index in [2.05, 4.69) is 15.6 Å². The number of halogens is 3. The number of furan rings is 1. The monoisotopic (exact) mass is 456 g/mol. The lowest BCUT2D eigenvalue weighted by Crippen LogP contribution is -2.40. The molecule has 1 aliphatic rings. The predicted octanol–water partition coefficient (Wildman–Crippen LogP) is 5.56. The Morgan fingerprint density at radius 2 is 1.79 bits per heavy atom. The van der Waals surface area contributed by atoms with Crippen LogP contribution in [-0.2, 0) is 6.18 Å². The Kier molecular flexibility index (Phi) is 5.26. The van der Waals surface area contributed by atoms with E-state index < -0.39 is 11.9 Å². The van der Waals surface area contributed by atoms with Crippen molar-refractivity contribution in [3.05, 3.63) is 65.7 Å². The molecule has 3 aromatic heterocycles. The highest BCUT2D eigenvalue weighted by molar-refractivity contribution is 5.99. The fraction of sp³-hybridized carbons (Fsp3) is 0.333. The molecule has 4 aromatic rings. The van der Waals surface area contributed by atoms with Crippen molar-refractivity contribution >= 4 is 28.3 Å². The maximum atomic E-state index is 13.0. The van der Waals surface area contributed by atoms with Gasteiger partial charge in [0.1, 0.15) is 17.0 Å². The summed E-state index contributed by atoms with van der Waals surface area (Å²) in [5.74, 6) is 0.688. The van der Waals surface area contributed by atoms with Crippen LogP contribution >= 0.6 is 0 Å². The molecule has 0 spiro atoms. The number of carbonyl (C=O) groups excluding carboxylic acids is 1. The summed E-state index contributed by atoms with van der Waals surface area (Å²) in [7, 11) is 0. The number of hydrogen-bond acceptors (Lipinski definition) is 4. The van der Waals surface area contributed by atoms with Crippen molar-refractivity contribution in [1.29, 1.82) is 0 Å². The molecule has 1 amide bonds. The van der Waals surface area contributed by atoms with Crippen molar-refractivity contribution in [3.8, 4) is 0 Å². The van der Waals surface area contributed by atoms with Gasteiger partial charge in [0.25, 0.3) is 5.91 Å². The number of benzene rings is 1. The lowest BCUT2D eigenvalue weighted by Gasteiger charge is -2.30. The van der Waals surface area contributed by atoms with Crippen LogP contribution in [0.2, 0.25) is 0 Å². The second-order valence-corrected chi connectivity index (χ2v) is 8.48. The minimum Gasteiger partial charge on any atom is -0.451 e. The average Bonchev–Trinajstić information content (AvgIpc) is 3.38. The van der Waals surface area contributed by atoms with Crippen LogP contribution in [0.15, 0.2) is 53.1 Å². The molecule has 1 fully saturated rings. The third-order valence-corrected chi connectivity index (χ3v) is 6.25. The van der Waals surface area contributed by atoms with Gasteiger partial charge in [-0.3, -0.25) is 9.20 Å². The number of carbonyl (C=O) groups is 1. The Bertz CT molecular complexity index is 1320. The summed E-state index contributed by atoms with van der Waals surface area (Å²) in [6.07, 6.45) is -0.397. The molecule has 1 aliphatic carbocycles. The van der Waals surface area contributed by atoms with E-state index in [0.29, 0.717) is 17.2 Å². The van der Waals surface area contributed by atoms with E-state index in [-0.39, 0.29) is 23.6 Å². The van der Waals surface area contributed by atoms with Crippen LogP contribution in [0.25, 0.3) is 16.6 Å². The highest BCUT2D eigenvalue weighted by Crippen LogP contribution is 2.30. The van der Waals surface area contributed by atoms with Gasteiger partial charge in [-0.1, -0.05) is 24.3 Å². The number of imidazole rings is 1. The first-order valence-corrected chi connectivity index (χ1v) is 10.9. The number of aryl methyl sites for hydroxylation is 1. The van der Waals surface area contributed by atoms with Gasteiger partial charge in [-0.2, -0.15) is 13.2 Å². The molecule has 6 nitrogen and oxygen atoms in total. The maximum absolute atomic E-state index is 13.0. The van der Waals surface area contributed by atoms with E-state index in [0.717, 1.165) is 42.8 Å². The number of alkyl halides is 3. The molecule has 0 radical (unpaired) electrons. The smallest absolute Gasteiger partial charge is 0.434 e. The fourth-order valence-corrected chi connectivity index (χ4v) is 4.50. The number of aromatic nitrogens is 2. The topological polar surface area (TPSA) is 71.6 Å². The summed E-state index contributed by atoms with van der Waals surface area (Å²) in [5.41, 5.74) is 0.846. The molecular weight excluding hydrogens is 433 g/mol. The summed E-state index contributed by atoms with van der Waals surface area (Å²) >= 11 is 0. The quantitative estimate of drug-likeness (QED) is 0.422. The van der Waals surface area contributed by atoms with Gasteiger partial charge in [0.05, 0.1) is 0 Å². The highest BCUT2D eigenvalue weighted by atomic mass is 19.4. The van der Waals surface area contributed by atoms with Gasteiger partial charge in [0.2, 0.25) is 0 Å². The molecule has 1 aromatic carbocycles. The molecule has 5 rings (SSSR count). The molecule has 9 heteroatoms. The summed E-state index contributed by atoms with van der Waals surface area (Å²) in [6, 6.07) is 12.6. The van der Waals surface area contributed by atoms with Crippen molar-refractivity contribution in [2.45, 2.75) is 50.9 Å². The van der Waals surface area contributed by atoms with E-state index in [1.165, 1.54) is 4.40 Å². The number of nitrogens with zero attached hydrogens (tertiary/aromatic N) is 2. The number of fused-ring (bicyclic) bond motifs is 2. The van der Waals surface area contributed by atoms with Gasteiger partial charge in [-0.15, -0.1) is 0 Å². The van der Waals surface area contributed by atoms with E-state index in [4.69, 9.17) is 4.42 Å². The zero-order valence-corrected chi connectivity index (χ0v) is 17.9. The highest BCUT2D eigenvalue weighted by Gasteiger charge is 2.34. The predicted molar refractivity (Wildman–Crippen MR) is 118 cm³/mol. The number of amides is 1. The summed E-state index contributed by atoms with van der Waals surface area (Å²) in [5, 5.41) is 7.34. The third kappa shape index (κ3) is 4.15. The van der Waals surface area contributed by atoms with Crippen LogP contribution < -0.4 is 10.6 Å². The minimum absolute atomic E-state index is 0.0176.